The highest BCUT2D eigenvalue weighted by Gasteiger charge is 2.32. The molecule has 0 amide bonds. The number of hydrogen-bond acceptors (Lipinski definition) is 2. The molecule has 98 valence electrons. The van der Waals surface area contributed by atoms with Gasteiger partial charge >= 0.3 is 5.97 Å². The highest BCUT2D eigenvalue weighted by Crippen LogP contribution is 2.40. The predicted octanol–water partition coefficient (Wildman–Crippen LogP) is 3.27. The minimum Gasteiger partial charge on any atom is -0.481 e. The fraction of sp³-hybridized carbons (Fsp3) is 0.857. The zero-order valence-electron chi connectivity index (χ0n) is 11.2. The first-order valence-electron chi connectivity index (χ1n) is 6.55. The van der Waals surface area contributed by atoms with Gasteiger partial charge in [0.2, 0.25) is 0 Å². The molecule has 0 spiro atoms. The van der Waals surface area contributed by atoms with Gasteiger partial charge in [-0.3, -0.25) is 9.59 Å². The maximum Gasteiger partial charge on any atom is 0.303 e. The first kappa shape index (κ1) is 14.2. The summed E-state index contributed by atoms with van der Waals surface area (Å²) in [6.45, 7) is 6.76. The van der Waals surface area contributed by atoms with Crippen molar-refractivity contribution in [2.24, 2.45) is 17.3 Å². The highest BCUT2D eigenvalue weighted by atomic mass is 16.4. The maximum atomic E-state index is 11.8. The second-order valence-electron chi connectivity index (χ2n) is 6.27. The third kappa shape index (κ3) is 4.49. The zero-order chi connectivity index (χ0) is 13.1. The van der Waals surface area contributed by atoms with Crippen LogP contribution in [0.3, 0.4) is 0 Å². The van der Waals surface area contributed by atoms with Crippen LogP contribution in [-0.4, -0.2) is 16.9 Å². The van der Waals surface area contributed by atoms with E-state index in [1.54, 1.807) is 0 Å². The molecule has 1 aliphatic carbocycles. The minimum atomic E-state index is -0.873. The molecule has 1 N–H and O–H groups in total. The number of hydrogen-bond donors (Lipinski definition) is 1. The number of aliphatic carboxylic acids is 1. The summed E-state index contributed by atoms with van der Waals surface area (Å²) in [5.41, 5.74) is 0.328. The van der Waals surface area contributed by atoms with Crippen LogP contribution in [0.15, 0.2) is 0 Å². The van der Waals surface area contributed by atoms with E-state index in [-0.39, 0.29) is 24.5 Å². The Morgan fingerprint density at radius 2 is 1.59 bits per heavy atom. The molecule has 1 saturated carbocycles. The normalized spacial score (nSPS) is 25.6. The van der Waals surface area contributed by atoms with Gasteiger partial charge in [0.1, 0.15) is 5.78 Å². The number of carbonyl (C=O) groups excluding carboxylic acids is 1. The molecule has 0 aliphatic heterocycles. The van der Waals surface area contributed by atoms with E-state index in [0.717, 1.165) is 25.7 Å². The van der Waals surface area contributed by atoms with E-state index in [9.17, 15) is 9.59 Å². The molecule has 0 saturated heterocycles. The van der Waals surface area contributed by atoms with Crippen molar-refractivity contribution in [1.82, 2.24) is 0 Å². The summed E-state index contributed by atoms with van der Waals surface area (Å²) in [5, 5.41) is 8.56. The first-order valence-corrected chi connectivity index (χ1v) is 6.55. The van der Waals surface area contributed by atoms with Crippen molar-refractivity contribution in [3.63, 3.8) is 0 Å². The Bertz CT molecular complexity index is 280. The molecule has 0 unspecified atom stereocenters. The Kier molecular flexibility index (Phi) is 4.72. The van der Waals surface area contributed by atoms with Crippen LogP contribution in [0.2, 0.25) is 0 Å². The fourth-order valence-electron chi connectivity index (χ4n) is 2.72. The lowest BCUT2D eigenvalue weighted by Gasteiger charge is -2.36. The number of Topliss-reactive ketones (excluding diaryl/α,β-unsaturated/α-hetero) is 1. The number of carbonyl (C=O) groups is 2. The molecule has 3 heteroatoms. The zero-order valence-corrected chi connectivity index (χ0v) is 11.2. The van der Waals surface area contributed by atoms with Gasteiger partial charge in [0, 0.05) is 12.3 Å². The Morgan fingerprint density at radius 1 is 1.06 bits per heavy atom. The molecule has 0 heterocycles. The van der Waals surface area contributed by atoms with Crippen LogP contribution in [0.1, 0.15) is 59.3 Å². The Labute approximate surface area is 104 Å². The quantitative estimate of drug-likeness (QED) is 0.820. The molecule has 0 aromatic heterocycles. The van der Waals surface area contributed by atoms with E-state index in [4.69, 9.17) is 5.11 Å². The molecule has 0 radical (unpaired) electrons. The average molecular weight is 240 g/mol. The van der Waals surface area contributed by atoms with Gasteiger partial charge in [-0.25, -0.2) is 0 Å². The first-order chi connectivity index (χ1) is 7.80. The van der Waals surface area contributed by atoms with E-state index in [1.165, 1.54) is 0 Å². The number of rotatable bonds is 4. The standard InChI is InChI=1S/C14H24O3/c1-14(2,3)11-6-4-10(5-7-11)12(15)8-9-13(16)17/h10-11H,4-9H2,1-3H3,(H,16,17)/t10-,11-. The van der Waals surface area contributed by atoms with Crippen LogP contribution < -0.4 is 0 Å². The summed E-state index contributed by atoms with van der Waals surface area (Å²) in [6.07, 6.45) is 4.29. The largest absolute Gasteiger partial charge is 0.481 e. The second kappa shape index (κ2) is 5.65. The van der Waals surface area contributed by atoms with Crippen molar-refractivity contribution in [2.75, 3.05) is 0 Å². The maximum absolute atomic E-state index is 11.8. The number of carboxylic acid groups (broad SMARTS) is 1. The smallest absolute Gasteiger partial charge is 0.303 e. The van der Waals surface area contributed by atoms with E-state index in [1.807, 2.05) is 0 Å². The van der Waals surface area contributed by atoms with Crippen molar-refractivity contribution in [2.45, 2.75) is 59.3 Å². The van der Waals surface area contributed by atoms with Crippen molar-refractivity contribution in [3.8, 4) is 0 Å². The number of ketones is 1. The lowest BCUT2D eigenvalue weighted by molar-refractivity contribution is -0.139. The molecule has 0 bridgehead atoms. The van der Waals surface area contributed by atoms with E-state index in [2.05, 4.69) is 20.8 Å². The average Bonchev–Trinajstić information content (AvgIpc) is 2.25. The van der Waals surface area contributed by atoms with Crippen LogP contribution in [0.5, 0.6) is 0 Å². The summed E-state index contributed by atoms with van der Waals surface area (Å²) in [7, 11) is 0. The van der Waals surface area contributed by atoms with Gasteiger partial charge in [-0.15, -0.1) is 0 Å². The van der Waals surface area contributed by atoms with Gasteiger partial charge in [-0.2, -0.15) is 0 Å². The van der Waals surface area contributed by atoms with Gasteiger partial charge in [0.15, 0.2) is 0 Å². The summed E-state index contributed by atoms with van der Waals surface area (Å²) < 4.78 is 0. The van der Waals surface area contributed by atoms with Crippen LogP contribution >= 0.6 is 0 Å². The Hall–Kier alpha value is -0.860. The van der Waals surface area contributed by atoms with Crippen molar-refractivity contribution in [1.29, 1.82) is 0 Å². The third-order valence-electron chi connectivity index (χ3n) is 3.99. The highest BCUT2D eigenvalue weighted by molar-refractivity contribution is 5.84. The molecule has 0 aromatic carbocycles. The van der Waals surface area contributed by atoms with E-state index >= 15 is 0 Å². The lowest BCUT2D eigenvalue weighted by atomic mass is 9.69. The summed E-state index contributed by atoms with van der Waals surface area (Å²) >= 11 is 0. The summed E-state index contributed by atoms with van der Waals surface area (Å²) in [6, 6.07) is 0. The summed E-state index contributed by atoms with van der Waals surface area (Å²) in [5.74, 6) is 0.0976. The number of carboxylic acids is 1. The minimum absolute atomic E-state index is 0.0158. The van der Waals surface area contributed by atoms with Gasteiger partial charge in [-0.05, 0) is 37.0 Å². The molecule has 0 atom stereocenters. The Morgan fingerprint density at radius 3 is 2.00 bits per heavy atom. The van der Waals surface area contributed by atoms with Gasteiger partial charge in [0.05, 0.1) is 6.42 Å². The molecule has 17 heavy (non-hydrogen) atoms. The van der Waals surface area contributed by atoms with E-state index in [0.29, 0.717) is 11.3 Å². The monoisotopic (exact) mass is 240 g/mol. The molecule has 0 aromatic rings. The van der Waals surface area contributed by atoms with Crippen molar-refractivity contribution < 1.29 is 14.7 Å². The third-order valence-corrected chi connectivity index (χ3v) is 3.99. The van der Waals surface area contributed by atoms with Gasteiger partial charge in [-0.1, -0.05) is 20.8 Å². The van der Waals surface area contributed by atoms with Crippen LogP contribution in [-0.2, 0) is 9.59 Å². The predicted molar refractivity (Wildman–Crippen MR) is 66.8 cm³/mol. The molecular weight excluding hydrogens is 216 g/mol. The topological polar surface area (TPSA) is 54.4 Å². The molecular formula is C14H24O3. The van der Waals surface area contributed by atoms with Gasteiger partial charge < -0.3 is 5.11 Å². The molecule has 1 rings (SSSR count). The van der Waals surface area contributed by atoms with Crippen molar-refractivity contribution >= 4 is 11.8 Å². The van der Waals surface area contributed by atoms with Crippen LogP contribution in [0.4, 0.5) is 0 Å². The molecule has 1 aliphatic rings. The van der Waals surface area contributed by atoms with Crippen LogP contribution in [0.25, 0.3) is 0 Å². The Balaban J connectivity index is 2.36. The van der Waals surface area contributed by atoms with Crippen molar-refractivity contribution in [3.05, 3.63) is 0 Å². The summed E-state index contributed by atoms with van der Waals surface area (Å²) in [4.78, 5) is 22.2. The van der Waals surface area contributed by atoms with Gasteiger partial charge in [0.25, 0.3) is 0 Å². The molecule has 3 nitrogen and oxygen atoms in total. The molecule has 1 fully saturated rings. The lowest BCUT2D eigenvalue weighted by Crippen LogP contribution is -2.29. The van der Waals surface area contributed by atoms with E-state index < -0.39 is 5.97 Å². The SMILES string of the molecule is CC(C)(C)[C@H]1CC[C@H](C(=O)CCC(=O)O)CC1. The second-order valence-corrected chi connectivity index (χ2v) is 6.27. The van der Waals surface area contributed by atoms with Crippen LogP contribution in [0, 0.1) is 17.3 Å². The fourth-order valence-corrected chi connectivity index (χ4v) is 2.72.